The zero-order valence-corrected chi connectivity index (χ0v) is 11.2. The van der Waals surface area contributed by atoms with Crippen LogP contribution in [0.1, 0.15) is 28.2 Å². The van der Waals surface area contributed by atoms with Crippen LogP contribution in [0.5, 0.6) is 0 Å². The van der Waals surface area contributed by atoms with Crippen molar-refractivity contribution in [3.63, 3.8) is 0 Å². The fourth-order valence-corrected chi connectivity index (χ4v) is 3.03. The standard InChI is InChI=1S/C15H17FOS/c1-2-14-7-8-15(18-14)9-12(10-17)11-3-5-13(16)6-4-11/h3-8,12,17H,2,9-10H2,1H3. The molecule has 1 aromatic carbocycles. The quantitative estimate of drug-likeness (QED) is 0.871. The lowest BCUT2D eigenvalue weighted by Crippen LogP contribution is -2.06. The van der Waals surface area contributed by atoms with E-state index in [1.165, 1.54) is 21.9 Å². The number of hydrogen-bond donors (Lipinski definition) is 1. The third-order valence-electron chi connectivity index (χ3n) is 3.08. The molecular weight excluding hydrogens is 247 g/mol. The molecule has 96 valence electrons. The highest BCUT2D eigenvalue weighted by atomic mass is 32.1. The molecule has 0 bridgehead atoms. The van der Waals surface area contributed by atoms with Crippen LogP contribution in [0.25, 0.3) is 0 Å². The minimum Gasteiger partial charge on any atom is -0.396 e. The second-order valence-corrected chi connectivity index (χ2v) is 5.61. The SMILES string of the molecule is CCc1ccc(CC(CO)c2ccc(F)cc2)s1. The van der Waals surface area contributed by atoms with Crippen LogP contribution in [0, 0.1) is 5.82 Å². The maximum absolute atomic E-state index is 12.9. The maximum atomic E-state index is 12.9. The highest BCUT2D eigenvalue weighted by molar-refractivity contribution is 7.11. The van der Waals surface area contributed by atoms with E-state index in [2.05, 4.69) is 19.1 Å². The molecular formula is C15H17FOS. The Kier molecular flexibility index (Phi) is 4.50. The molecule has 1 aromatic heterocycles. The average molecular weight is 264 g/mol. The first-order valence-corrected chi connectivity index (χ1v) is 6.98. The number of hydrogen-bond acceptors (Lipinski definition) is 2. The first-order valence-electron chi connectivity index (χ1n) is 6.16. The Hall–Kier alpha value is -1.19. The Morgan fingerprint density at radius 1 is 1.11 bits per heavy atom. The Balaban J connectivity index is 2.11. The van der Waals surface area contributed by atoms with Gasteiger partial charge >= 0.3 is 0 Å². The topological polar surface area (TPSA) is 20.2 Å². The van der Waals surface area contributed by atoms with Crippen molar-refractivity contribution in [2.24, 2.45) is 0 Å². The van der Waals surface area contributed by atoms with Gasteiger partial charge in [0.05, 0.1) is 6.61 Å². The highest BCUT2D eigenvalue weighted by Gasteiger charge is 2.12. The monoisotopic (exact) mass is 264 g/mol. The van der Waals surface area contributed by atoms with Gasteiger partial charge < -0.3 is 5.11 Å². The first-order chi connectivity index (χ1) is 8.72. The van der Waals surface area contributed by atoms with Crippen LogP contribution in [0.3, 0.4) is 0 Å². The molecule has 18 heavy (non-hydrogen) atoms. The Labute approximate surface area is 111 Å². The largest absolute Gasteiger partial charge is 0.396 e. The molecule has 0 amide bonds. The van der Waals surface area contributed by atoms with Crippen LogP contribution in [0.15, 0.2) is 36.4 Å². The van der Waals surface area contributed by atoms with Crippen molar-refractivity contribution in [2.75, 3.05) is 6.61 Å². The Bertz CT molecular complexity index is 489. The predicted octanol–water partition coefficient (Wildman–Crippen LogP) is 3.77. The summed E-state index contributed by atoms with van der Waals surface area (Å²) in [5.41, 5.74) is 0.991. The number of thiophene rings is 1. The number of benzene rings is 1. The van der Waals surface area contributed by atoms with Gasteiger partial charge in [-0.05, 0) is 42.7 Å². The van der Waals surface area contributed by atoms with E-state index in [1.54, 1.807) is 23.5 Å². The Morgan fingerprint density at radius 2 is 1.78 bits per heavy atom. The van der Waals surface area contributed by atoms with E-state index >= 15 is 0 Å². The summed E-state index contributed by atoms with van der Waals surface area (Å²) in [5.74, 6) is -0.186. The van der Waals surface area contributed by atoms with Gasteiger partial charge in [0, 0.05) is 15.7 Å². The van der Waals surface area contributed by atoms with Gasteiger partial charge in [-0.25, -0.2) is 4.39 Å². The molecule has 0 fully saturated rings. The third kappa shape index (κ3) is 3.18. The van der Waals surface area contributed by atoms with Crippen molar-refractivity contribution in [2.45, 2.75) is 25.7 Å². The van der Waals surface area contributed by atoms with E-state index in [9.17, 15) is 9.50 Å². The second kappa shape index (κ2) is 6.12. The number of aryl methyl sites for hydroxylation is 1. The molecule has 2 aromatic rings. The zero-order chi connectivity index (χ0) is 13.0. The van der Waals surface area contributed by atoms with Crippen LogP contribution >= 0.6 is 11.3 Å². The molecule has 0 spiro atoms. The predicted molar refractivity (Wildman–Crippen MR) is 73.6 cm³/mol. The number of rotatable bonds is 5. The van der Waals surface area contributed by atoms with Crippen molar-refractivity contribution < 1.29 is 9.50 Å². The molecule has 0 radical (unpaired) electrons. The molecule has 0 aliphatic heterocycles. The summed E-state index contributed by atoms with van der Waals surface area (Å²) in [6.07, 6.45) is 1.86. The zero-order valence-electron chi connectivity index (χ0n) is 10.4. The molecule has 0 aliphatic rings. The van der Waals surface area contributed by atoms with Crippen molar-refractivity contribution >= 4 is 11.3 Å². The molecule has 0 aliphatic carbocycles. The normalized spacial score (nSPS) is 12.6. The summed E-state index contributed by atoms with van der Waals surface area (Å²) in [5, 5.41) is 9.48. The molecule has 1 N–H and O–H groups in total. The van der Waals surface area contributed by atoms with Gasteiger partial charge in [-0.3, -0.25) is 0 Å². The lowest BCUT2D eigenvalue weighted by atomic mass is 9.96. The van der Waals surface area contributed by atoms with E-state index in [0.29, 0.717) is 0 Å². The third-order valence-corrected chi connectivity index (χ3v) is 4.33. The summed E-state index contributed by atoms with van der Waals surface area (Å²) >= 11 is 1.79. The van der Waals surface area contributed by atoms with E-state index in [-0.39, 0.29) is 18.3 Å². The fourth-order valence-electron chi connectivity index (χ4n) is 1.99. The minimum atomic E-state index is -0.236. The van der Waals surface area contributed by atoms with Gasteiger partial charge in [-0.2, -0.15) is 0 Å². The number of aliphatic hydroxyl groups is 1. The first kappa shape index (κ1) is 13.2. The maximum Gasteiger partial charge on any atom is 0.123 e. The lowest BCUT2D eigenvalue weighted by Gasteiger charge is -2.13. The van der Waals surface area contributed by atoms with Crippen LogP contribution in [-0.4, -0.2) is 11.7 Å². The fraction of sp³-hybridized carbons (Fsp3) is 0.333. The van der Waals surface area contributed by atoms with Crippen LogP contribution < -0.4 is 0 Å². The van der Waals surface area contributed by atoms with Crippen molar-refractivity contribution in [1.29, 1.82) is 0 Å². The summed E-state index contributed by atoms with van der Waals surface area (Å²) in [7, 11) is 0. The van der Waals surface area contributed by atoms with Gasteiger partial charge in [0.25, 0.3) is 0 Å². The summed E-state index contributed by atoms with van der Waals surface area (Å²) in [6, 6.07) is 10.7. The van der Waals surface area contributed by atoms with Crippen LogP contribution in [-0.2, 0) is 12.8 Å². The Morgan fingerprint density at radius 3 is 2.33 bits per heavy atom. The molecule has 1 unspecified atom stereocenters. The highest BCUT2D eigenvalue weighted by Crippen LogP contribution is 2.25. The molecule has 3 heteroatoms. The van der Waals surface area contributed by atoms with Gasteiger partial charge in [0.2, 0.25) is 0 Å². The van der Waals surface area contributed by atoms with Gasteiger partial charge in [-0.15, -0.1) is 11.3 Å². The lowest BCUT2D eigenvalue weighted by molar-refractivity contribution is 0.265. The summed E-state index contributed by atoms with van der Waals surface area (Å²) < 4.78 is 12.9. The molecule has 1 atom stereocenters. The summed E-state index contributed by atoms with van der Waals surface area (Å²) in [6.45, 7) is 2.23. The molecule has 0 saturated heterocycles. The number of halogens is 1. The summed E-state index contributed by atoms with van der Waals surface area (Å²) in [4.78, 5) is 2.64. The minimum absolute atomic E-state index is 0.0500. The molecule has 2 rings (SSSR count). The van der Waals surface area contributed by atoms with E-state index in [1.807, 2.05) is 0 Å². The molecule has 1 heterocycles. The van der Waals surface area contributed by atoms with Crippen molar-refractivity contribution in [3.05, 3.63) is 57.5 Å². The van der Waals surface area contributed by atoms with Crippen LogP contribution in [0.2, 0.25) is 0 Å². The van der Waals surface area contributed by atoms with Gasteiger partial charge in [0.1, 0.15) is 5.82 Å². The van der Waals surface area contributed by atoms with E-state index < -0.39 is 0 Å². The van der Waals surface area contributed by atoms with Gasteiger partial charge in [0.15, 0.2) is 0 Å². The van der Waals surface area contributed by atoms with Crippen molar-refractivity contribution in [3.8, 4) is 0 Å². The van der Waals surface area contributed by atoms with Crippen molar-refractivity contribution in [1.82, 2.24) is 0 Å². The molecule has 0 saturated carbocycles. The smallest absolute Gasteiger partial charge is 0.123 e. The van der Waals surface area contributed by atoms with E-state index in [0.717, 1.165) is 18.4 Å². The second-order valence-electron chi connectivity index (χ2n) is 4.36. The number of aliphatic hydroxyl groups excluding tert-OH is 1. The molecule has 1 nitrogen and oxygen atoms in total. The van der Waals surface area contributed by atoms with Crippen LogP contribution in [0.4, 0.5) is 4.39 Å². The van der Waals surface area contributed by atoms with Gasteiger partial charge in [-0.1, -0.05) is 19.1 Å². The average Bonchev–Trinajstić information content (AvgIpc) is 2.85. The van der Waals surface area contributed by atoms with E-state index in [4.69, 9.17) is 0 Å².